The molecule has 21 heavy (non-hydrogen) atoms. The maximum atomic E-state index is 12.7. The van der Waals surface area contributed by atoms with Gasteiger partial charge in [-0.1, -0.05) is 0 Å². The molecule has 1 aromatic heterocycles. The van der Waals surface area contributed by atoms with Crippen LogP contribution >= 0.6 is 0 Å². The summed E-state index contributed by atoms with van der Waals surface area (Å²) in [6.45, 7) is 5.78. The molecule has 0 saturated heterocycles. The first-order chi connectivity index (χ1) is 9.65. The summed E-state index contributed by atoms with van der Waals surface area (Å²) in [5.74, 6) is 0.665. The number of alkyl halides is 3. The second-order valence-corrected chi connectivity index (χ2v) is 5.67. The molecule has 0 N–H and O–H groups in total. The molecule has 0 amide bonds. The van der Waals surface area contributed by atoms with Gasteiger partial charge >= 0.3 is 6.18 Å². The van der Waals surface area contributed by atoms with Crippen molar-refractivity contribution in [2.75, 3.05) is 0 Å². The quantitative estimate of drug-likeness (QED) is 0.782. The topological polar surface area (TPSA) is 22.1 Å². The number of benzene rings is 1. The van der Waals surface area contributed by atoms with Crippen LogP contribution in [0.1, 0.15) is 26.3 Å². The molecule has 0 aliphatic heterocycles. The predicted molar refractivity (Wildman–Crippen MR) is 75.1 cm³/mol. The van der Waals surface area contributed by atoms with Gasteiger partial charge in [-0.25, -0.2) is 0 Å². The molecule has 1 heterocycles. The lowest BCUT2D eigenvalue weighted by Gasteiger charge is -2.21. The zero-order chi connectivity index (χ0) is 15.7. The second kappa shape index (κ2) is 5.39. The van der Waals surface area contributed by atoms with Crippen LogP contribution in [-0.2, 0) is 6.18 Å². The van der Waals surface area contributed by atoms with Gasteiger partial charge in [-0.3, -0.25) is 4.98 Å². The third kappa shape index (κ3) is 4.21. The zero-order valence-corrected chi connectivity index (χ0v) is 12.0. The van der Waals surface area contributed by atoms with Crippen molar-refractivity contribution in [3.63, 3.8) is 0 Å². The van der Waals surface area contributed by atoms with Crippen molar-refractivity contribution in [1.82, 2.24) is 4.98 Å². The van der Waals surface area contributed by atoms with Crippen molar-refractivity contribution >= 4 is 0 Å². The highest BCUT2D eigenvalue weighted by Crippen LogP contribution is 2.31. The molecule has 0 bridgehead atoms. The van der Waals surface area contributed by atoms with Crippen molar-refractivity contribution < 1.29 is 17.9 Å². The van der Waals surface area contributed by atoms with E-state index in [4.69, 9.17) is 4.74 Å². The lowest BCUT2D eigenvalue weighted by Crippen LogP contribution is -2.22. The van der Waals surface area contributed by atoms with Crippen LogP contribution < -0.4 is 4.74 Å². The van der Waals surface area contributed by atoms with E-state index in [0.717, 1.165) is 18.3 Å². The monoisotopic (exact) mass is 295 g/mol. The fourth-order valence-electron chi connectivity index (χ4n) is 1.81. The Hall–Kier alpha value is -2.04. The first kappa shape index (κ1) is 15.4. The molecule has 5 heteroatoms. The number of pyridine rings is 1. The van der Waals surface area contributed by atoms with E-state index < -0.39 is 11.7 Å². The Bertz CT molecular complexity index is 613. The van der Waals surface area contributed by atoms with E-state index in [2.05, 4.69) is 4.98 Å². The maximum absolute atomic E-state index is 12.7. The van der Waals surface area contributed by atoms with Gasteiger partial charge in [-0.05, 0) is 57.2 Å². The summed E-state index contributed by atoms with van der Waals surface area (Å²) in [5, 5.41) is 0. The highest BCUT2D eigenvalue weighted by atomic mass is 19.4. The van der Waals surface area contributed by atoms with E-state index in [1.54, 1.807) is 24.3 Å². The Balaban J connectivity index is 2.27. The minimum Gasteiger partial charge on any atom is -0.488 e. The van der Waals surface area contributed by atoms with E-state index in [0.29, 0.717) is 11.3 Å². The molecule has 0 aliphatic rings. The van der Waals surface area contributed by atoms with Gasteiger partial charge in [-0.2, -0.15) is 13.2 Å². The summed E-state index contributed by atoms with van der Waals surface area (Å²) in [6.07, 6.45) is -3.20. The SMILES string of the molecule is CC(C)(C)Oc1ccc(-c2cc(C(F)(F)F)ccn2)cc1. The molecule has 1 aromatic carbocycles. The Morgan fingerprint density at radius 2 is 1.57 bits per heavy atom. The molecule has 0 spiro atoms. The van der Waals surface area contributed by atoms with Crippen LogP contribution in [0.5, 0.6) is 5.75 Å². The predicted octanol–water partition coefficient (Wildman–Crippen LogP) is 4.94. The molecule has 0 aliphatic carbocycles. The fourth-order valence-corrected chi connectivity index (χ4v) is 1.81. The molecule has 0 saturated carbocycles. The van der Waals surface area contributed by atoms with Crippen LogP contribution in [0.4, 0.5) is 13.2 Å². The first-order valence-electron chi connectivity index (χ1n) is 6.48. The molecule has 2 nitrogen and oxygen atoms in total. The number of hydrogen-bond donors (Lipinski definition) is 0. The standard InChI is InChI=1S/C16H16F3NO/c1-15(2,3)21-13-6-4-11(5-7-13)14-10-12(8-9-20-14)16(17,18)19/h4-10H,1-3H3. The first-order valence-corrected chi connectivity index (χ1v) is 6.48. The molecular weight excluding hydrogens is 279 g/mol. The van der Waals surface area contributed by atoms with Crippen molar-refractivity contribution in [3.05, 3.63) is 48.2 Å². The average molecular weight is 295 g/mol. The molecule has 0 radical (unpaired) electrons. The number of ether oxygens (including phenoxy) is 1. The minimum atomic E-state index is -4.37. The summed E-state index contributed by atoms with van der Waals surface area (Å²) in [7, 11) is 0. The van der Waals surface area contributed by atoms with Crippen molar-refractivity contribution in [3.8, 4) is 17.0 Å². The van der Waals surface area contributed by atoms with E-state index in [-0.39, 0.29) is 11.3 Å². The Morgan fingerprint density at radius 1 is 0.952 bits per heavy atom. The van der Waals surface area contributed by atoms with E-state index >= 15 is 0 Å². The van der Waals surface area contributed by atoms with E-state index in [9.17, 15) is 13.2 Å². The van der Waals surface area contributed by atoms with Gasteiger partial charge in [0.25, 0.3) is 0 Å². The minimum absolute atomic E-state index is 0.284. The van der Waals surface area contributed by atoms with Crippen LogP contribution in [0, 0.1) is 0 Å². The molecule has 2 rings (SSSR count). The number of aromatic nitrogens is 1. The van der Waals surface area contributed by atoms with Crippen LogP contribution in [0.2, 0.25) is 0 Å². The summed E-state index contributed by atoms with van der Waals surface area (Å²) in [4.78, 5) is 3.99. The normalized spacial score (nSPS) is 12.3. The third-order valence-corrected chi connectivity index (χ3v) is 2.66. The maximum Gasteiger partial charge on any atom is 0.416 e. The van der Waals surface area contributed by atoms with Gasteiger partial charge in [0.15, 0.2) is 0 Å². The van der Waals surface area contributed by atoms with Crippen molar-refractivity contribution in [2.45, 2.75) is 32.5 Å². The molecule has 112 valence electrons. The smallest absolute Gasteiger partial charge is 0.416 e. The zero-order valence-electron chi connectivity index (χ0n) is 12.0. The van der Waals surface area contributed by atoms with Gasteiger partial charge in [0.1, 0.15) is 11.4 Å². The Kier molecular flexibility index (Phi) is 3.94. The lowest BCUT2D eigenvalue weighted by atomic mass is 10.1. The lowest BCUT2D eigenvalue weighted by molar-refractivity contribution is -0.137. The summed E-state index contributed by atoms with van der Waals surface area (Å²) in [6, 6.07) is 8.85. The number of halogens is 3. The molecule has 2 aromatic rings. The highest BCUT2D eigenvalue weighted by Gasteiger charge is 2.30. The summed E-state index contributed by atoms with van der Waals surface area (Å²) < 4.78 is 43.7. The largest absolute Gasteiger partial charge is 0.488 e. The Labute approximate surface area is 121 Å². The van der Waals surface area contributed by atoms with Crippen LogP contribution in [0.3, 0.4) is 0 Å². The van der Waals surface area contributed by atoms with Crippen molar-refractivity contribution in [1.29, 1.82) is 0 Å². The van der Waals surface area contributed by atoms with Crippen LogP contribution in [0.15, 0.2) is 42.6 Å². The molecule has 0 fully saturated rings. The van der Waals surface area contributed by atoms with Crippen LogP contribution in [0.25, 0.3) is 11.3 Å². The molecule has 0 unspecified atom stereocenters. The summed E-state index contributed by atoms with van der Waals surface area (Å²) >= 11 is 0. The summed E-state index contributed by atoms with van der Waals surface area (Å²) in [5.41, 5.74) is -0.132. The van der Waals surface area contributed by atoms with Gasteiger partial charge in [0.2, 0.25) is 0 Å². The number of rotatable bonds is 2. The van der Waals surface area contributed by atoms with Gasteiger partial charge in [0, 0.05) is 11.8 Å². The number of hydrogen-bond acceptors (Lipinski definition) is 2. The highest BCUT2D eigenvalue weighted by molar-refractivity contribution is 5.60. The van der Waals surface area contributed by atoms with E-state index in [1.165, 1.54) is 0 Å². The van der Waals surface area contributed by atoms with Gasteiger partial charge in [-0.15, -0.1) is 0 Å². The van der Waals surface area contributed by atoms with Gasteiger partial charge in [0.05, 0.1) is 11.3 Å². The van der Waals surface area contributed by atoms with E-state index in [1.807, 2.05) is 20.8 Å². The van der Waals surface area contributed by atoms with Crippen LogP contribution in [-0.4, -0.2) is 10.6 Å². The molecule has 0 atom stereocenters. The van der Waals surface area contributed by atoms with Gasteiger partial charge < -0.3 is 4.74 Å². The van der Waals surface area contributed by atoms with Crippen molar-refractivity contribution in [2.24, 2.45) is 0 Å². The number of nitrogens with zero attached hydrogens (tertiary/aromatic N) is 1. The molecular formula is C16H16F3NO. The third-order valence-electron chi connectivity index (χ3n) is 2.66. The second-order valence-electron chi connectivity index (χ2n) is 5.67. The average Bonchev–Trinajstić information content (AvgIpc) is 2.37. The Morgan fingerprint density at radius 3 is 2.10 bits per heavy atom. The fraction of sp³-hybridized carbons (Fsp3) is 0.312.